The first-order chi connectivity index (χ1) is 15.2. The zero-order valence-corrected chi connectivity index (χ0v) is 17.2. The van der Waals surface area contributed by atoms with Gasteiger partial charge in [0.1, 0.15) is 5.75 Å². The third kappa shape index (κ3) is 3.67. The normalized spacial score (nSPS) is 18.5. The number of amides is 2. The van der Waals surface area contributed by atoms with Crippen molar-refractivity contribution in [2.45, 2.75) is 30.9 Å². The van der Waals surface area contributed by atoms with Crippen LogP contribution in [0.15, 0.2) is 84.9 Å². The quantitative estimate of drug-likeness (QED) is 0.693. The number of carbonyl (C=O) groups is 2. The highest BCUT2D eigenvalue weighted by molar-refractivity contribution is 6.05. The molecule has 2 amide bonds. The summed E-state index contributed by atoms with van der Waals surface area (Å²) in [4.78, 5) is 28.4. The maximum absolute atomic E-state index is 13.7. The summed E-state index contributed by atoms with van der Waals surface area (Å²) < 4.78 is 6.00. The molecule has 1 aliphatic carbocycles. The van der Waals surface area contributed by atoms with Crippen LogP contribution in [0.4, 0.5) is 5.69 Å². The molecule has 0 aromatic heterocycles. The molecule has 156 valence electrons. The van der Waals surface area contributed by atoms with Crippen LogP contribution >= 0.6 is 0 Å². The number of ether oxygens (including phenoxy) is 1. The van der Waals surface area contributed by atoms with Crippen molar-refractivity contribution in [3.63, 3.8) is 0 Å². The lowest BCUT2D eigenvalue weighted by atomic mass is 9.93. The fourth-order valence-corrected chi connectivity index (χ4v) is 4.23. The minimum absolute atomic E-state index is 0.0373. The van der Waals surface area contributed by atoms with Crippen LogP contribution in [0, 0.1) is 0 Å². The minimum atomic E-state index is -0.755. The first kappa shape index (κ1) is 19.4. The lowest BCUT2D eigenvalue weighted by Gasteiger charge is -2.36. The lowest BCUT2D eigenvalue weighted by Crippen LogP contribution is -2.52. The van der Waals surface area contributed by atoms with Crippen molar-refractivity contribution < 1.29 is 14.3 Å². The number of carbonyl (C=O) groups excluding carboxylic acids is 2. The van der Waals surface area contributed by atoms with E-state index in [0.717, 1.165) is 29.7 Å². The first-order valence-electron chi connectivity index (χ1n) is 10.6. The molecule has 2 aliphatic rings. The number of fused-ring (bicyclic) bond motifs is 1. The summed E-state index contributed by atoms with van der Waals surface area (Å²) in [5, 5.41) is 2.94. The second-order valence-electron chi connectivity index (χ2n) is 8.14. The van der Waals surface area contributed by atoms with Gasteiger partial charge < -0.3 is 15.0 Å². The second kappa shape index (κ2) is 7.91. The van der Waals surface area contributed by atoms with Gasteiger partial charge in [0, 0.05) is 6.54 Å². The third-order valence-electron chi connectivity index (χ3n) is 6.11. The molecule has 5 rings (SSSR count). The minimum Gasteiger partial charge on any atom is -0.477 e. The molecule has 0 spiro atoms. The molecule has 1 fully saturated rings. The van der Waals surface area contributed by atoms with Gasteiger partial charge >= 0.3 is 0 Å². The van der Waals surface area contributed by atoms with Crippen molar-refractivity contribution in [2.24, 2.45) is 0 Å². The fraction of sp³-hybridized carbons (Fsp3) is 0.231. The predicted molar refractivity (Wildman–Crippen MR) is 119 cm³/mol. The highest BCUT2D eigenvalue weighted by Crippen LogP contribution is 2.51. The summed E-state index contributed by atoms with van der Waals surface area (Å²) >= 11 is 0. The Hall–Kier alpha value is -3.60. The van der Waals surface area contributed by atoms with Gasteiger partial charge in [-0.25, -0.2) is 0 Å². The van der Waals surface area contributed by atoms with Crippen molar-refractivity contribution in [3.05, 3.63) is 96.1 Å². The Kier molecular flexibility index (Phi) is 4.94. The molecule has 5 nitrogen and oxygen atoms in total. The van der Waals surface area contributed by atoms with E-state index in [-0.39, 0.29) is 18.4 Å². The van der Waals surface area contributed by atoms with E-state index in [2.05, 4.69) is 5.32 Å². The highest BCUT2D eigenvalue weighted by Gasteiger charge is 2.54. The molecule has 1 heterocycles. The molecule has 0 saturated heterocycles. The van der Waals surface area contributed by atoms with Crippen molar-refractivity contribution in [3.8, 4) is 5.75 Å². The van der Waals surface area contributed by atoms with E-state index in [9.17, 15) is 9.59 Å². The van der Waals surface area contributed by atoms with Crippen molar-refractivity contribution in [1.82, 2.24) is 5.32 Å². The molecule has 1 aliphatic heterocycles. The van der Waals surface area contributed by atoms with E-state index in [0.29, 0.717) is 12.3 Å². The predicted octanol–water partition coefficient (Wildman–Crippen LogP) is 3.83. The van der Waals surface area contributed by atoms with Gasteiger partial charge in [-0.05, 0) is 36.1 Å². The molecule has 5 heteroatoms. The van der Waals surface area contributed by atoms with Crippen LogP contribution in [0.3, 0.4) is 0 Å². The van der Waals surface area contributed by atoms with E-state index in [1.807, 2.05) is 84.9 Å². The van der Waals surface area contributed by atoms with Gasteiger partial charge in [-0.15, -0.1) is 0 Å². The Bertz CT molecular complexity index is 1090. The van der Waals surface area contributed by atoms with Gasteiger partial charge in [-0.2, -0.15) is 0 Å². The summed E-state index contributed by atoms with van der Waals surface area (Å²) in [7, 11) is 0. The number of nitrogens with one attached hydrogen (secondary N) is 1. The Balaban J connectivity index is 1.38. The van der Waals surface area contributed by atoms with E-state index in [1.54, 1.807) is 4.90 Å². The van der Waals surface area contributed by atoms with Crippen LogP contribution in [0.1, 0.15) is 24.0 Å². The Morgan fingerprint density at radius 3 is 2.26 bits per heavy atom. The zero-order valence-electron chi connectivity index (χ0n) is 17.2. The van der Waals surface area contributed by atoms with Crippen LogP contribution in [0.5, 0.6) is 5.75 Å². The maximum atomic E-state index is 13.7. The Labute approximate surface area is 181 Å². The van der Waals surface area contributed by atoms with E-state index in [1.165, 1.54) is 0 Å². The van der Waals surface area contributed by atoms with E-state index in [4.69, 9.17) is 4.74 Å². The largest absolute Gasteiger partial charge is 0.477 e. The molecule has 0 bridgehead atoms. The van der Waals surface area contributed by atoms with Gasteiger partial charge in [0.15, 0.2) is 6.10 Å². The summed E-state index contributed by atoms with van der Waals surface area (Å²) in [5.74, 6) is 0.377. The van der Waals surface area contributed by atoms with Gasteiger partial charge in [0.2, 0.25) is 5.91 Å². The standard InChI is InChI=1S/C26H24N2O3/c29-24(27-17-19-9-3-1-4-10-19)23-18-28(21-13-7-8-14-22(21)31-23)25(30)26(15-16-26)20-11-5-2-6-12-20/h1-14,23H,15-18H2,(H,27,29). The number of anilines is 1. The molecule has 31 heavy (non-hydrogen) atoms. The molecule has 1 N–H and O–H groups in total. The van der Waals surface area contributed by atoms with Crippen LogP contribution < -0.4 is 15.0 Å². The first-order valence-corrected chi connectivity index (χ1v) is 10.6. The van der Waals surface area contributed by atoms with Crippen LogP contribution in [-0.2, 0) is 21.5 Å². The van der Waals surface area contributed by atoms with Gasteiger partial charge in [0.05, 0.1) is 17.6 Å². The monoisotopic (exact) mass is 412 g/mol. The topological polar surface area (TPSA) is 58.6 Å². The highest BCUT2D eigenvalue weighted by atomic mass is 16.5. The summed E-state index contributed by atoms with van der Waals surface area (Å²) in [6.45, 7) is 0.619. The smallest absolute Gasteiger partial charge is 0.263 e. The summed E-state index contributed by atoms with van der Waals surface area (Å²) in [5.41, 5.74) is 2.27. The van der Waals surface area contributed by atoms with Gasteiger partial charge in [0.25, 0.3) is 5.91 Å². The molecular weight excluding hydrogens is 388 g/mol. The van der Waals surface area contributed by atoms with E-state index < -0.39 is 11.5 Å². The molecule has 1 atom stereocenters. The second-order valence-corrected chi connectivity index (χ2v) is 8.14. The third-order valence-corrected chi connectivity index (χ3v) is 6.11. The number of hydrogen-bond acceptors (Lipinski definition) is 3. The molecule has 1 saturated carbocycles. The van der Waals surface area contributed by atoms with Crippen LogP contribution in [0.25, 0.3) is 0 Å². The van der Waals surface area contributed by atoms with Crippen molar-refractivity contribution in [1.29, 1.82) is 0 Å². The zero-order chi connectivity index (χ0) is 21.3. The van der Waals surface area contributed by atoms with E-state index >= 15 is 0 Å². The van der Waals surface area contributed by atoms with Gasteiger partial charge in [-0.3, -0.25) is 9.59 Å². The summed E-state index contributed by atoms with van der Waals surface area (Å²) in [6.07, 6.45) is 0.884. The number of para-hydroxylation sites is 2. The lowest BCUT2D eigenvalue weighted by molar-refractivity contribution is -0.128. The molecule has 3 aromatic rings. The molecule has 3 aromatic carbocycles. The number of benzene rings is 3. The van der Waals surface area contributed by atoms with Gasteiger partial charge in [-0.1, -0.05) is 72.8 Å². The molecule has 0 radical (unpaired) electrons. The number of hydrogen-bond donors (Lipinski definition) is 1. The number of rotatable bonds is 5. The van der Waals surface area contributed by atoms with Crippen molar-refractivity contribution >= 4 is 17.5 Å². The fourth-order valence-electron chi connectivity index (χ4n) is 4.23. The SMILES string of the molecule is O=C(NCc1ccccc1)C1CN(C(=O)C2(c3ccccc3)CC2)c2ccccc2O1. The number of nitrogens with zero attached hydrogens (tertiary/aromatic N) is 1. The average Bonchev–Trinajstić information content (AvgIpc) is 3.65. The maximum Gasteiger partial charge on any atom is 0.263 e. The average molecular weight is 412 g/mol. The Morgan fingerprint density at radius 2 is 1.55 bits per heavy atom. The van der Waals surface area contributed by atoms with Crippen LogP contribution in [0.2, 0.25) is 0 Å². The van der Waals surface area contributed by atoms with Crippen molar-refractivity contribution in [2.75, 3.05) is 11.4 Å². The summed E-state index contributed by atoms with van der Waals surface area (Å²) in [6, 6.07) is 27.1. The Morgan fingerprint density at radius 1 is 0.903 bits per heavy atom. The van der Waals surface area contributed by atoms with Crippen LogP contribution in [-0.4, -0.2) is 24.5 Å². The molecule has 1 unspecified atom stereocenters. The molecular formula is C26H24N2O3.